The largest absolute Gasteiger partial charge is 0.494 e. The summed E-state index contributed by atoms with van der Waals surface area (Å²) >= 11 is 0. The smallest absolute Gasteiger partial charge is 0.328 e. The Labute approximate surface area is 122 Å². The Kier molecular flexibility index (Phi) is 3.79. The van der Waals surface area contributed by atoms with Crippen molar-refractivity contribution in [1.82, 2.24) is 15.3 Å². The Morgan fingerprint density at radius 3 is 2.24 bits per heavy atom. The summed E-state index contributed by atoms with van der Waals surface area (Å²) in [6.45, 7) is 8.45. The molecule has 116 valence electrons. The van der Waals surface area contributed by atoms with Crippen LogP contribution in [0.1, 0.15) is 46.1 Å². The number of hydrogen-bond donors (Lipinski definition) is 4. The van der Waals surface area contributed by atoms with Gasteiger partial charge in [-0.3, -0.25) is 19.8 Å². The first-order valence-electron chi connectivity index (χ1n) is 6.96. The fraction of sp³-hybridized carbons (Fsp3) is 0.643. The van der Waals surface area contributed by atoms with Crippen LogP contribution in [0.4, 0.5) is 0 Å². The van der Waals surface area contributed by atoms with Gasteiger partial charge < -0.3 is 10.4 Å². The van der Waals surface area contributed by atoms with Gasteiger partial charge in [0.25, 0.3) is 5.56 Å². The van der Waals surface area contributed by atoms with E-state index in [0.29, 0.717) is 0 Å². The molecule has 21 heavy (non-hydrogen) atoms. The number of aliphatic imine (C=N–C) groups is 1. The van der Waals surface area contributed by atoms with E-state index in [0.717, 1.165) is 12.8 Å². The number of hydrogen-bond acceptors (Lipinski definition) is 5. The molecule has 0 spiro atoms. The first kappa shape index (κ1) is 15.5. The summed E-state index contributed by atoms with van der Waals surface area (Å²) in [7, 11) is 0. The minimum absolute atomic E-state index is 0.0243. The maximum absolute atomic E-state index is 11.6. The van der Waals surface area contributed by atoms with E-state index in [9.17, 15) is 14.7 Å². The van der Waals surface area contributed by atoms with Crippen molar-refractivity contribution < 1.29 is 5.11 Å². The second-order valence-corrected chi connectivity index (χ2v) is 6.90. The molecule has 1 saturated heterocycles. The van der Waals surface area contributed by atoms with E-state index >= 15 is 0 Å². The summed E-state index contributed by atoms with van der Waals surface area (Å²) in [6, 6.07) is 0.0435. The minimum Gasteiger partial charge on any atom is -0.494 e. The van der Waals surface area contributed by atoms with Crippen molar-refractivity contribution in [3.63, 3.8) is 0 Å². The maximum Gasteiger partial charge on any atom is 0.328 e. The van der Waals surface area contributed by atoms with E-state index < -0.39 is 17.1 Å². The molecule has 0 aliphatic carbocycles. The van der Waals surface area contributed by atoms with Crippen LogP contribution in [0.3, 0.4) is 0 Å². The van der Waals surface area contributed by atoms with Crippen molar-refractivity contribution in [2.75, 3.05) is 0 Å². The topological polar surface area (TPSA) is 110 Å². The summed E-state index contributed by atoms with van der Waals surface area (Å²) in [5.41, 5.74) is -1.51. The standard InChI is InChI=1S/C14H22N4O3/c1-13(2)5-8(6-14(3,4)18-13)15-7-9-10(19)16-12(21)17-11(9)20/h7-8,18H,5-6H2,1-4H3,(H3,16,17,19,20,21). The first-order chi connectivity index (χ1) is 9.58. The number of aromatic hydroxyl groups is 1. The molecule has 1 aliphatic rings. The molecule has 0 atom stereocenters. The lowest BCUT2D eigenvalue weighted by molar-refractivity contribution is 0.164. The zero-order chi connectivity index (χ0) is 15.8. The van der Waals surface area contributed by atoms with Crippen LogP contribution in [0.2, 0.25) is 0 Å². The van der Waals surface area contributed by atoms with Gasteiger partial charge in [0.1, 0.15) is 5.56 Å². The van der Waals surface area contributed by atoms with Gasteiger partial charge in [-0.05, 0) is 40.5 Å². The van der Waals surface area contributed by atoms with Crippen LogP contribution in [-0.4, -0.2) is 38.4 Å². The molecule has 7 nitrogen and oxygen atoms in total. The third-order valence-electron chi connectivity index (χ3n) is 3.54. The molecule has 0 radical (unpaired) electrons. The third-order valence-corrected chi connectivity index (χ3v) is 3.54. The van der Waals surface area contributed by atoms with E-state index in [2.05, 4.69) is 48.0 Å². The highest BCUT2D eigenvalue weighted by Crippen LogP contribution is 2.30. The number of aromatic nitrogens is 2. The molecule has 0 bridgehead atoms. The lowest BCUT2D eigenvalue weighted by Crippen LogP contribution is -2.58. The van der Waals surface area contributed by atoms with Gasteiger partial charge >= 0.3 is 5.69 Å². The molecule has 2 rings (SSSR count). The Bertz CT molecular complexity index is 654. The van der Waals surface area contributed by atoms with Gasteiger partial charge in [-0.25, -0.2) is 4.79 Å². The average Bonchev–Trinajstić information content (AvgIpc) is 2.22. The second-order valence-electron chi connectivity index (χ2n) is 6.90. The Morgan fingerprint density at radius 1 is 1.14 bits per heavy atom. The lowest BCUT2D eigenvalue weighted by Gasteiger charge is -2.45. The van der Waals surface area contributed by atoms with Gasteiger partial charge in [0.05, 0.1) is 6.04 Å². The minimum atomic E-state index is -0.737. The van der Waals surface area contributed by atoms with Crippen LogP contribution in [0.25, 0.3) is 0 Å². The molecule has 0 saturated carbocycles. The van der Waals surface area contributed by atoms with E-state index in [1.165, 1.54) is 6.21 Å². The Morgan fingerprint density at radius 2 is 1.71 bits per heavy atom. The molecule has 4 N–H and O–H groups in total. The number of nitrogens with one attached hydrogen (secondary N) is 3. The number of aromatic amines is 2. The molecule has 0 aromatic carbocycles. The predicted octanol–water partition coefficient (Wildman–Crippen LogP) is 0.497. The highest BCUT2D eigenvalue weighted by atomic mass is 16.3. The SMILES string of the molecule is CC1(C)CC(N=Cc2c(O)[nH]c(=O)[nH]c2=O)CC(C)(C)N1. The summed E-state index contributed by atoms with van der Waals surface area (Å²) in [5.74, 6) is -0.458. The first-order valence-corrected chi connectivity index (χ1v) is 6.96. The molecular formula is C14H22N4O3. The zero-order valence-corrected chi connectivity index (χ0v) is 12.8. The van der Waals surface area contributed by atoms with Crippen molar-refractivity contribution >= 4 is 6.21 Å². The molecule has 2 heterocycles. The maximum atomic E-state index is 11.6. The third kappa shape index (κ3) is 3.81. The molecule has 1 aromatic rings. The molecule has 1 aromatic heterocycles. The molecule has 1 fully saturated rings. The Hall–Kier alpha value is -1.89. The monoisotopic (exact) mass is 294 g/mol. The second kappa shape index (κ2) is 5.14. The van der Waals surface area contributed by atoms with Crippen LogP contribution in [0, 0.1) is 0 Å². The lowest BCUT2D eigenvalue weighted by atomic mass is 9.80. The van der Waals surface area contributed by atoms with Gasteiger partial charge in [0.2, 0.25) is 5.88 Å². The van der Waals surface area contributed by atoms with E-state index in [1.807, 2.05) is 0 Å². The molecule has 0 amide bonds. The van der Waals surface area contributed by atoms with Crippen LogP contribution >= 0.6 is 0 Å². The van der Waals surface area contributed by atoms with Crippen LogP contribution in [-0.2, 0) is 0 Å². The quantitative estimate of drug-likeness (QED) is 0.595. The van der Waals surface area contributed by atoms with Gasteiger partial charge in [0.15, 0.2) is 0 Å². The van der Waals surface area contributed by atoms with E-state index in [4.69, 9.17) is 0 Å². The summed E-state index contributed by atoms with van der Waals surface area (Å²) in [6.07, 6.45) is 3.00. The predicted molar refractivity (Wildman–Crippen MR) is 81.3 cm³/mol. The molecule has 1 aliphatic heterocycles. The van der Waals surface area contributed by atoms with Crippen molar-refractivity contribution in [2.45, 2.75) is 57.7 Å². The zero-order valence-electron chi connectivity index (χ0n) is 12.8. The highest BCUT2D eigenvalue weighted by Gasteiger charge is 2.37. The van der Waals surface area contributed by atoms with Gasteiger partial charge in [0, 0.05) is 17.3 Å². The number of piperidine rings is 1. The molecule has 0 unspecified atom stereocenters. The van der Waals surface area contributed by atoms with Crippen molar-refractivity contribution in [2.24, 2.45) is 4.99 Å². The van der Waals surface area contributed by atoms with Gasteiger partial charge in [-0.15, -0.1) is 0 Å². The van der Waals surface area contributed by atoms with E-state index in [1.54, 1.807) is 0 Å². The van der Waals surface area contributed by atoms with Crippen LogP contribution in [0.15, 0.2) is 14.6 Å². The van der Waals surface area contributed by atoms with Gasteiger partial charge in [-0.1, -0.05) is 0 Å². The Balaban J connectivity index is 2.26. The normalized spacial score (nSPS) is 21.7. The fourth-order valence-corrected chi connectivity index (χ4v) is 3.16. The van der Waals surface area contributed by atoms with E-state index in [-0.39, 0.29) is 22.7 Å². The fourth-order valence-electron chi connectivity index (χ4n) is 3.16. The number of nitrogens with zero attached hydrogens (tertiary/aromatic N) is 1. The van der Waals surface area contributed by atoms with Crippen molar-refractivity contribution in [3.05, 3.63) is 26.4 Å². The van der Waals surface area contributed by atoms with Gasteiger partial charge in [-0.2, -0.15) is 0 Å². The molecule has 7 heteroatoms. The number of rotatable bonds is 2. The highest BCUT2D eigenvalue weighted by molar-refractivity contribution is 5.81. The summed E-state index contributed by atoms with van der Waals surface area (Å²) in [4.78, 5) is 31.3. The summed E-state index contributed by atoms with van der Waals surface area (Å²) in [5, 5.41) is 13.2. The number of H-pyrrole nitrogens is 2. The average molecular weight is 294 g/mol. The van der Waals surface area contributed by atoms with Crippen molar-refractivity contribution in [1.29, 1.82) is 0 Å². The van der Waals surface area contributed by atoms with Crippen molar-refractivity contribution in [3.8, 4) is 5.88 Å². The van der Waals surface area contributed by atoms with Crippen LogP contribution < -0.4 is 16.6 Å². The molecular weight excluding hydrogens is 272 g/mol. The van der Waals surface area contributed by atoms with Crippen LogP contribution in [0.5, 0.6) is 5.88 Å². The summed E-state index contributed by atoms with van der Waals surface area (Å²) < 4.78 is 0.